The molecule has 0 spiro atoms. The van der Waals surface area contributed by atoms with Gasteiger partial charge in [0.05, 0.1) is 12.1 Å². The molecule has 0 saturated heterocycles. The van der Waals surface area contributed by atoms with Crippen molar-refractivity contribution in [2.75, 3.05) is 13.7 Å². The lowest BCUT2D eigenvalue weighted by Crippen LogP contribution is -2.37. The smallest absolute Gasteiger partial charge is 0.326 e. The van der Waals surface area contributed by atoms with E-state index in [1.165, 1.54) is 5.57 Å². The van der Waals surface area contributed by atoms with E-state index in [0.29, 0.717) is 13.0 Å². The molecule has 2 rings (SSSR count). The molecule has 1 atom stereocenters. The normalized spacial score (nSPS) is 11.9. The van der Waals surface area contributed by atoms with Gasteiger partial charge in [-0.15, -0.1) is 0 Å². The highest BCUT2D eigenvalue weighted by Crippen LogP contribution is 2.26. The zero-order valence-corrected chi connectivity index (χ0v) is 19.2. The Kier molecular flexibility index (Phi) is 14.3. The summed E-state index contributed by atoms with van der Waals surface area (Å²) < 4.78 is 5.85. The van der Waals surface area contributed by atoms with Gasteiger partial charge in [0, 0.05) is 29.6 Å². The van der Waals surface area contributed by atoms with E-state index >= 15 is 0 Å². The van der Waals surface area contributed by atoms with Crippen LogP contribution >= 0.6 is 15.9 Å². The average Bonchev–Trinajstić information content (AvgIpc) is 3.13. The van der Waals surface area contributed by atoms with Crippen molar-refractivity contribution in [3.05, 3.63) is 58.2 Å². The number of allylic oxidation sites excluding steroid dienone is 2. The number of halogens is 1. The van der Waals surface area contributed by atoms with Crippen molar-refractivity contribution in [3.63, 3.8) is 0 Å². The van der Waals surface area contributed by atoms with Gasteiger partial charge in [0.2, 0.25) is 6.41 Å². The van der Waals surface area contributed by atoms with Crippen LogP contribution in [0, 0.1) is 0 Å². The van der Waals surface area contributed by atoms with Crippen molar-refractivity contribution in [3.8, 4) is 0 Å². The number of hydrogen-bond donors (Lipinski definition) is 3. The minimum absolute atomic E-state index is 0.241. The Balaban J connectivity index is 0.000000606. The number of amides is 1. The number of nitrogens with one attached hydrogen (secondary N) is 2. The predicted molar refractivity (Wildman–Crippen MR) is 122 cm³/mol. The fourth-order valence-corrected chi connectivity index (χ4v) is 2.95. The number of carbonyl (C=O) groups excluding carboxylic acids is 1. The molecule has 0 bridgehead atoms. The molecule has 3 N–H and O–H groups in total. The SMILES string of the molecule is C/C=C\C(=C/C)COC.CC.O=CNC(Cc1c[nH]c2c(Br)cccc12)C(=O)O. The molecule has 7 heteroatoms. The summed E-state index contributed by atoms with van der Waals surface area (Å²) in [6.07, 6.45) is 8.51. The second-order valence-electron chi connectivity index (χ2n) is 5.65. The number of aromatic amines is 1. The quantitative estimate of drug-likeness (QED) is 0.382. The van der Waals surface area contributed by atoms with E-state index in [1.807, 2.05) is 64.1 Å². The van der Waals surface area contributed by atoms with Crippen molar-refractivity contribution < 1.29 is 19.4 Å². The first-order valence-electron chi connectivity index (χ1n) is 9.42. The molecule has 0 radical (unpaired) electrons. The number of H-pyrrole nitrogens is 1. The molecule has 29 heavy (non-hydrogen) atoms. The second kappa shape index (κ2) is 15.5. The number of carbonyl (C=O) groups is 2. The van der Waals surface area contributed by atoms with E-state index in [9.17, 15) is 9.59 Å². The molecule has 1 aromatic heterocycles. The van der Waals surface area contributed by atoms with Gasteiger partial charge in [-0.05, 0) is 47.0 Å². The number of aliphatic carboxylic acids is 1. The molecular weight excluding hydrogens is 436 g/mol. The molecule has 2 aromatic rings. The van der Waals surface area contributed by atoms with Crippen LogP contribution in [0.3, 0.4) is 0 Å². The van der Waals surface area contributed by atoms with E-state index in [1.54, 1.807) is 13.3 Å². The van der Waals surface area contributed by atoms with Crippen LogP contribution in [0.2, 0.25) is 0 Å². The number of aromatic nitrogens is 1. The minimum Gasteiger partial charge on any atom is -0.480 e. The third kappa shape index (κ3) is 9.11. The summed E-state index contributed by atoms with van der Waals surface area (Å²) in [5.41, 5.74) is 3.00. The van der Waals surface area contributed by atoms with E-state index in [2.05, 4.69) is 26.2 Å². The van der Waals surface area contributed by atoms with Crippen LogP contribution in [0.25, 0.3) is 10.9 Å². The van der Waals surface area contributed by atoms with Crippen molar-refractivity contribution >= 4 is 39.2 Å². The van der Waals surface area contributed by atoms with Crippen LogP contribution in [0.4, 0.5) is 0 Å². The Morgan fingerprint density at radius 3 is 2.55 bits per heavy atom. The van der Waals surface area contributed by atoms with Gasteiger partial charge in [-0.1, -0.05) is 44.2 Å². The topological polar surface area (TPSA) is 91.4 Å². The van der Waals surface area contributed by atoms with Crippen molar-refractivity contribution in [2.24, 2.45) is 0 Å². The Labute approximate surface area is 181 Å². The van der Waals surface area contributed by atoms with Crippen LogP contribution in [0.5, 0.6) is 0 Å². The first kappa shape index (κ1) is 26.6. The van der Waals surface area contributed by atoms with Gasteiger partial charge in [-0.2, -0.15) is 0 Å². The number of para-hydroxylation sites is 1. The standard InChI is InChI=1S/C12H11BrN2O3.C8H14O.C2H6/c13-9-3-1-2-8-7(5-14-11(8)9)4-10(12(17)18)15-6-16;1-4-6-8(5-2)7-9-3;1-2/h1-3,5-6,10,14H,4H2,(H,15,16)(H,17,18);4-6H,7H2,1-3H3;1-2H3/b;6-4-,8-5+;. The molecule has 0 aliphatic carbocycles. The van der Waals surface area contributed by atoms with Crippen molar-refractivity contribution in [1.82, 2.24) is 10.3 Å². The number of fused-ring (bicyclic) bond motifs is 1. The van der Waals surface area contributed by atoms with Crippen LogP contribution in [-0.2, 0) is 20.7 Å². The lowest BCUT2D eigenvalue weighted by molar-refractivity contribution is -0.140. The van der Waals surface area contributed by atoms with Crippen LogP contribution in [0.1, 0.15) is 33.3 Å². The molecule has 6 nitrogen and oxygen atoms in total. The van der Waals surface area contributed by atoms with E-state index < -0.39 is 12.0 Å². The summed E-state index contributed by atoms with van der Waals surface area (Å²) in [4.78, 5) is 24.4. The first-order valence-corrected chi connectivity index (χ1v) is 10.2. The highest BCUT2D eigenvalue weighted by atomic mass is 79.9. The Hall–Kier alpha value is -2.38. The van der Waals surface area contributed by atoms with Gasteiger partial charge in [0.15, 0.2) is 0 Å². The Bertz CT molecular complexity index is 812. The Morgan fingerprint density at radius 2 is 2.03 bits per heavy atom. The summed E-state index contributed by atoms with van der Waals surface area (Å²) in [5.74, 6) is -1.05. The summed E-state index contributed by atoms with van der Waals surface area (Å²) in [5, 5.41) is 12.2. The maximum Gasteiger partial charge on any atom is 0.326 e. The summed E-state index contributed by atoms with van der Waals surface area (Å²) in [7, 11) is 1.70. The highest BCUT2D eigenvalue weighted by Gasteiger charge is 2.18. The summed E-state index contributed by atoms with van der Waals surface area (Å²) in [6, 6.07) is 4.78. The molecule has 1 heterocycles. The summed E-state index contributed by atoms with van der Waals surface area (Å²) >= 11 is 3.42. The lowest BCUT2D eigenvalue weighted by Gasteiger charge is -2.10. The third-order valence-electron chi connectivity index (χ3n) is 3.80. The average molecular weight is 467 g/mol. The van der Waals surface area contributed by atoms with Gasteiger partial charge in [-0.25, -0.2) is 4.79 Å². The largest absolute Gasteiger partial charge is 0.480 e. The molecule has 0 aliphatic heterocycles. The number of methoxy groups -OCH3 is 1. The maximum atomic E-state index is 11.0. The number of carboxylic acid groups (broad SMARTS) is 1. The lowest BCUT2D eigenvalue weighted by atomic mass is 10.1. The maximum absolute atomic E-state index is 11.0. The number of benzene rings is 1. The predicted octanol–water partition coefficient (Wildman–Crippen LogP) is 4.85. The molecule has 0 saturated carbocycles. The Morgan fingerprint density at radius 1 is 1.34 bits per heavy atom. The molecule has 0 fully saturated rings. The monoisotopic (exact) mass is 466 g/mol. The van der Waals surface area contributed by atoms with Crippen molar-refractivity contribution in [2.45, 2.75) is 40.2 Å². The van der Waals surface area contributed by atoms with Gasteiger partial charge < -0.3 is 20.1 Å². The zero-order valence-electron chi connectivity index (χ0n) is 17.7. The first-order chi connectivity index (χ1) is 14.0. The highest BCUT2D eigenvalue weighted by molar-refractivity contribution is 9.10. The fraction of sp³-hybridized carbons (Fsp3) is 0.364. The van der Waals surface area contributed by atoms with Crippen LogP contribution in [-0.4, -0.2) is 42.2 Å². The van der Waals surface area contributed by atoms with E-state index in [0.717, 1.165) is 20.9 Å². The number of carboxylic acids is 1. The molecular formula is C22H31BrN2O4. The molecule has 1 amide bonds. The van der Waals surface area contributed by atoms with Gasteiger partial charge in [0.1, 0.15) is 6.04 Å². The van der Waals surface area contributed by atoms with Gasteiger partial charge >= 0.3 is 5.97 Å². The van der Waals surface area contributed by atoms with E-state index in [4.69, 9.17) is 9.84 Å². The number of ether oxygens (including phenoxy) is 1. The van der Waals surface area contributed by atoms with Crippen molar-refractivity contribution in [1.29, 1.82) is 0 Å². The minimum atomic E-state index is -1.05. The number of rotatable bonds is 8. The summed E-state index contributed by atoms with van der Waals surface area (Å²) in [6.45, 7) is 8.72. The fourth-order valence-electron chi connectivity index (χ4n) is 2.47. The van der Waals surface area contributed by atoms with Crippen LogP contribution < -0.4 is 5.32 Å². The second-order valence-corrected chi connectivity index (χ2v) is 6.51. The molecule has 160 valence electrons. The molecule has 0 aliphatic rings. The van der Waals surface area contributed by atoms with Gasteiger partial charge in [-0.3, -0.25) is 4.79 Å². The zero-order chi connectivity index (χ0) is 22.2. The third-order valence-corrected chi connectivity index (χ3v) is 4.47. The van der Waals surface area contributed by atoms with Crippen LogP contribution in [0.15, 0.2) is 52.7 Å². The van der Waals surface area contributed by atoms with E-state index in [-0.39, 0.29) is 6.42 Å². The molecule has 1 aromatic carbocycles. The van der Waals surface area contributed by atoms with Gasteiger partial charge in [0.25, 0.3) is 0 Å². The number of hydrogen-bond acceptors (Lipinski definition) is 3. The molecule has 1 unspecified atom stereocenters.